The van der Waals surface area contributed by atoms with Crippen LogP contribution in [0.5, 0.6) is 0 Å². The molecule has 0 amide bonds. The highest BCUT2D eigenvalue weighted by Gasteiger charge is 2.60. The molecule has 0 bridgehead atoms. The number of carbonyl (C=O) groups excluding carboxylic acids is 2. The Balaban J connectivity index is 2.12. The van der Waals surface area contributed by atoms with Crippen molar-refractivity contribution in [2.45, 2.75) is 18.9 Å². The summed E-state index contributed by atoms with van der Waals surface area (Å²) in [7, 11) is 1.33. The molecule has 2 atom stereocenters. The highest BCUT2D eigenvalue weighted by molar-refractivity contribution is 6.30. The first-order chi connectivity index (χ1) is 8.56. The predicted octanol–water partition coefficient (Wildman–Crippen LogP) is 2.04. The minimum atomic E-state index is -0.904. The van der Waals surface area contributed by atoms with Crippen molar-refractivity contribution in [2.75, 3.05) is 7.11 Å². The Morgan fingerprint density at radius 2 is 2.28 bits per heavy atom. The van der Waals surface area contributed by atoms with E-state index in [1.54, 1.807) is 12.1 Å². The third-order valence-corrected chi connectivity index (χ3v) is 3.93. The lowest BCUT2D eigenvalue weighted by atomic mass is 9.81. The quantitative estimate of drug-likeness (QED) is 0.730. The minimum absolute atomic E-state index is 0.0661. The summed E-state index contributed by atoms with van der Waals surface area (Å²) in [6.45, 7) is 0. The highest BCUT2D eigenvalue weighted by Crippen LogP contribution is 2.55. The van der Waals surface area contributed by atoms with Crippen LogP contribution in [0.2, 0.25) is 5.02 Å². The molecular weight excluding hydrogens is 256 g/mol. The third kappa shape index (κ3) is 1.38. The zero-order valence-corrected chi connectivity index (χ0v) is 10.5. The van der Waals surface area contributed by atoms with Gasteiger partial charge in [-0.2, -0.15) is 0 Å². The van der Waals surface area contributed by atoms with E-state index in [0.29, 0.717) is 11.4 Å². The van der Waals surface area contributed by atoms with Crippen LogP contribution in [0.1, 0.15) is 23.7 Å². The third-order valence-electron chi connectivity index (χ3n) is 3.70. The van der Waals surface area contributed by atoms with Gasteiger partial charge in [-0.05, 0) is 29.7 Å². The summed E-state index contributed by atoms with van der Waals surface area (Å²) >= 11 is 5.95. The number of carbonyl (C=O) groups is 2. The number of hydrogen-bond acceptors (Lipinski definition) is 4. The van der Waals surface area contributed by atoms with E-state index in [-0.39, 0.29) is 12.4 Å². The van der Waals surface area contributed by atoms with Crippen molar-refractivity contribution in [3.8, 4) is 0 Å². The normalized spacial score (nSPS) is 28.6. The topological polar surface area (TPSA) is 52.6 Å². The van der Waals surface area contributed by atoms with Crippen LogP contribution in [0.3, 0.4) is 0 Å². The van der Waals surface area contributed by atoms with Crippen LogP contribution in [-0.4, -0.2) is 19.0 Å². The Morgan fingerprint density at radius 1 is 1.50 bits per heavy atom. The van der Waals surface area contributed by atoms with Crippen LogP contribution >= 0.6 is 11.6 Å². The van der Waals surface area contributed by atoms with Gasteiger partial charge in [0.1, 0.15) is 11.5 Å². The van der Waals surface area contributed by atoms with E-state index < -0.39 is 17.5 Å². The van der Waals surface area contributed by atoms with E-state index in [2.05, 4.69) is 0 Å². The highest BCUT2D eigenvalue weighted by atomic mass is 35.5. The van der Waals surface area contributed by atoms with Crippen LogP contribution in [0.15, 0.2) is 18.2 Å². The molecule has 94 valence electrons. The van der Waals surface area contributed by atoms with Gasteiger partial charge in [-0.15, -0.1) is 0 Å². The molecule has 18 heavy (non-hydrogen) atoms. The first-order valence-electron chi connectivity index (χ1n) is 5.63. The summed E-state index contributed by atoms with van der Waals surface area (Å²) < 4.78 is 10.1. The Bertz CT molecular complexity index is 554. The molecule has 0 spiro atoms. The van der Waals surface area contributed by atoms with Gasteiger partial charge in [0.15, 0.2) is 0 Å². The second kappa shape index (κ2) is 3.72. The van der Waals surface area contributed by atoms with E-state index in [4.69, 9.17) is 21.1 Å². The zero-order chi connectivity index (χ0) is 12.9. The van der Waals surface area contributed by atoms with Crippen molar-refractivity contribution in [1.82, 2.24) is 0 Å². The summed E-state index contributed by atoms with van der Waals surface area (Å²) in [5.41, 5.74) is 0.903. The average Bonchev–Trinajstić information content (AvgIpc) is 2.81. The molecule has 1 aliphatic carbocycles. The molecule has 0 aromatic heterocycles. The first-order valence-corrected chi connectivity index (χ1v) is 6.01. The Labute approximate surface area is 109 Å². The maximum Gasteiger partial charge on any atom is 0.316 e. The molecule has 0 N–H and O–H groups in total. The monoisotopic (exact) mass is 266 g/mol. The van der Waals surface area contributed by atoms with E-state index in [1.807, 2.05) is 6.07 Å². The van der Waals surface area contributed by atoms with Gasteiger partial charge in [0.25, 0.3) is 0 Å². The standard InChI is InChI=1S/C13H11ClO4/c1-17-12(16)13-5-7-2-3-8(14)4-9(7)11(13)18-10(15)6-13/h2-4,11H,5-6H2,1H3/t11-,13+/m1/s1. The average molecular weight is 267 g/mol. The molecule has 0 saturated carbocycles. The lowest BCUT2D eigenvalue weighted by molar-refractivity contribution is -0.155. The SMILES string of the molecule is COC(=O)[C@@]12CC(=O)O[C@@H]1c1cc(Cl)ccc1C2. The number of esters is 2. The molecular formula is C13H11ClO4. The number of hydrogen-bond donors (Lipinski definition) is 0. The largest absolute Gasteiger partial charge is 0.468 e. The van der Waals surface area contributed by atoms with Gasteiger partial charge in [-0.3, -0.25) is 9.59 Å². The molecule has 1 heterocycles. The smallest absolute Gasteiger partial charge is 0.316 e. The predicted molar refractivity (Wildman–Crippen MR) is 63.1 cm³/mol. The lowest BCUT2D eigenvalue weighted by Gasteiger charge is -2.22. The summed E-state index contributed by atoms with van der Waals surface area (Å²) in [5.74, 6) is -0.762. The van der Waals surface area contributed by atoms with Gasteiger partial charge in [0.2, 0.25) is 0 Å². The fraction of sp³-hybridized carbons (Fsp3) is 0.385. The fourth-order valence-electron chi connectivity index (χ4n) is 2.92. The van der Waals surface area contributed by atoms with Crippen molar-refractivity contribution in [3.63, 3.8) is 0 Å². The van der Waals surface area contributed by atoms with Crippen LogP contribution in [0.25, 0.3) is 0 Å². The zero-order valence-electron chi connectivity index (χ0n) is 9.73. The molecule has 5 heteroatoms. The number of halogens is 1. The Kier molecular flexibility index (Phi) is 2.38. The van der Waals surface area contributed by atoms with Crippen LogP contribution in [-0.2, 0) is 25.5 Å². The van der Waals surface area contributed by atoms with Crippen LogP contribution in [0.4, 0.5) is 0 Å². The van der Waals surface area contributed by atoms with Gasteiger partial charge in [0, 0.05) is 5.02 Å². The summed E-state index contributed by atoms with van der Waals surface area (Å²) in [6, 6.07) is 5.40. The molecule has 1 saturated heterocycles. The number of rotatable bonds is 1. The molecule has 1 aromatic rings. The molecule has 0 unspecified atom stereocenters. The van der Waals surface area contributed by atoms with Crippen LogP contribution in [0, 0.1) is 5.41 Å². The van der Waals surface area contributed by atoms with E-state index in [1.165, 1.54) is 7.11 Å². The van der Waals surface area contributed by atoms with E-state index in [0.717, 1.165) is 11.1 Å². The van der Waals surface area contributed by atoms with Crippen molar-refractivity contribution in [1.29, 1.82) is 0 Å². The van der Waals surface area contributed by atoms with E-state index in [9.17, 15) is 9.59 Å². The lowest BCUT2D eigenvalue weighted by Crippen LogP contribution is -2.33. The summed E-state index contributed by atoms with van der Waals surface area (Å²) in [6.07, 6.45) is -0.0367. The number of fused-ring (bicyclic) bond motifs is 3. The summed E-state index contributed by atoms with van der Waals surface area (Å²) in [4.78, 5) is 23.5. The van der Waals surface area contributed by atoms with Gasteiger partial charge in [-0.1, -0.05) is 17.7 Å². The maximum absolute atomic E-state index is 12.0. The van der Waals surface area contributed by atoms with Gasteiger partial charge in [-0.25, -0.2) is 0 Å². The number of methoxy groups -OCH3 is 1. The van der Waals surface area contributed by atoms with Crippen molar-refractivity contribution in [3.05, 3.63) is 34.3 Å². The molecule has 1 aliphatic heterocycles. The molecule has 1 aromatic carbocycles. The fourth-order valence-corrected chi connectivity index (χ4v) is 3.10. The van der Waals surface area contributed by atoms with E-state index >= 15 is 0 Å². The van der Waals surface area contributed by atoms with Crippen molar-refractivity contribution in [2.24, 2.45) is 5.41 Å². The molecule has 0 radical (unpaired) electrons. The van der Waals surface area contributed by atoms with Crippen molar-refractivity contribution < 1.29 is 19.1 Å². The van der Waals surface area contributed by atoms with Gasteiger partial charge < -0.3 is 9.47 Å². The second-order valence-electron chi connectivity index (χ2n) is 4.71. The van der Waals surface area contributed by atoms with Gasteiger partial charge >= 0.3 is 11.9 Å². The molecule has 2 aliphatic rings. The second-order valence-corrected chi connectivity index (χ2v) is 5.15. The van der Waals surface area contributed by atoms with Crippen molar-refractivity contribution >= 4 is 23.5 Å². The summed E-state index contributed by atoms with van der Waals surface area (Å²) in [5, 5.41) is 0.567. The molecule has 1 fully saturated rings. The Morgan fingerprint density at radius 3 is 3.00 bits per heavy atom. The maximum atomic E-state index is 12.0. The first kappa shape index (κ1) is 11.5. The molecule has 3 rings (SSSR count). The van der Waals surface area contributed by atoms with Gasteiger partial charge in [0.05, 0.1) is 13.5 Å². The van der Waals surface area contributed by atoms with Crippen LogP contribution < -0.4 is 0 Å². The minimum Gasteiger partial charge on any atom is -0.468 e. The molecule has 4 nitrogen and oxygen atoms in total. The number of benzene rings is 1. The Hall–Kier alpha value is -1.55. The number of ether oxygens (including phenoxy) is 2.